The predicted octanol–water partition coefficient (Wildman–Crippen LogP) is 11.1. The Labute approximate surface area is 237 Å². The number of fused-ring (bicyclic) bond motifs is 3. The van der Waals surface area contributed by atoms with Gasteiger partial charge in [0.25, 0.3) is 0 Å². The number of hydrogen-bond acceptors (Lipinski definition) is 0. The van der Waals surface area contributed by atoms with E-state index in [-0.39, 0.29) is 0 Å². The van der Waals surface area contributed by atoms with Crippen molar-refractivity contribution in [2.75, 3.05) is 0 Å². The molecule has 6 aromatic carbocycles. The first kappa shape index (κ1) is 23.8. The molecule has 0 aliphatic rings. The Balaban J connectivity index is 1.52. The van der Waals surface area contributed by atoms with Gasteiger partial charge >= 0.3 is 0 Å². The van der Waals surface area contributed by atoms with E-state index in [9.17, 15) is 0 Å². The van der Waals surface area contributed by atoms with Crippen molar-refractivity contribution in [3.05, 3.63) is 150 Å². The summed E-state index contributed by atoms with van der Waals surface area (Å²) >= 11 is 12.4. The summed E-state index contributed by atoms with van der Waals surface area (Å²) in [6.07, 6.45) is 0. The van der Waals surface area contributed by atoms with Crippen molar-refractivity contribution in [1.82, 2.24) is 4.57 Å². The van der Waals surface area contributed by atoms with Gasteiger partial charge in [-0.05, 0) is 82.4 Å². The molecule has 1 aromatic heterocycles. The number of para-hydroxylation sites is 1. The van der Waals surface area contributed by atoms with Crippen LogP contribution in [0.5, 0.6) is 0 Å². The number of halogens is 2. The highest BCUT2D eigenvalue weighted by atomic mass is 35.5. The molecule has 0 spiro atoms. The average Bonchev–Trinajstić information content (AvgIpc) is 3.31. The minimum atomic E-state index is 0.738. The van der Waals surface area contributed by atoms with Gasteiger partial charge in [-0.15, -0.1) is 0 Å². The van der Waals surface area contributed by atoms with Crippen molar-refractivity contribution in [3.8, 4) is 39.1 Å². The van der Waals surface area contributed by atoms with Crippen LogP contribution in [0.15, 0.2) is 140 Å². The van der Waals surface area contributed by atoms with Crippen molar-refractivity contribution < 1.29 is 0 Å². The summed E-state index contributed by atoms with van der Waals surface area (Å²) in [6.45, 7) is 0. The van der Waals surface area contributed by atoms with Crippen molar-refractivity contribution in [2.45, 2.75) is 0 Å². The first-order chi connectivity index (χ1) is 19.2. The van der Waals surface area contributed by atoms with Crippen molar-refractivity contribution in [3.63, 3.8) is 0 Å². The highest BCUT2D eigenvalue weighted by molar-refractivity contribution is 6.31. The zero-order valence-corrected chi connectivity index (χ0v) is 22.5. The van der Waals surface area contributed by atoms with Gasteiger partial charge in [0.05, 0.1) is 16.7 Å². The third-order valence-corrected chi connectivity index (χ3v) is 7.85. The number of benzene rings is 6. The van der Waals surface area contributed by atoms with E-state index in [1.165, 1.54) is 32.9 Å². The lowest BCUT2D eigenvalue weighted by Crippen LogP contribution is -1.97. The zero-order valence-electron chi connectivity index (χ0n) is 21.0. The minimum absolute atomic E-state index is 0.738. The van der Waals surface area contributed by atoms with E-state index >= 15 is 0 Å². The van der Waals surface area contributed by atoms with Gasteiger partial charge in [0.1, 0.15) is 0 Å². The number of nitrogens with zero attached hydrogens (tertiary/aromatic N) is 1. The van der Waals surface area contributed by atoms with Gasteiger partial charge in [-0.25, -0.2) is 0 Å². The molecule has 186 valence electrons. The molecule has 0 bridgehead atoms. The molecule has 0 aliphatic heterocycles. The lowest BCUT2D eigenvalue weighted by atomic mass is 10.0. The molecule has 3 heteroatoms. The van der Waals surface area contributed by atoms with Gasteiger partial charge < -0.3 is 4.57 Å². The Morgan fingerprint density at radius 3 is 1.38 bits per heavy atom. The quantitative estimate of drug-likeness (QED) is 0.209. The summed E-state index contributed by atoms with van der Waals surface area (Å²) in [5.41, 5.74) is 10.5. The molecule has 0 saturated carbocycles. The molecule has 0 unspecified atom stereocenters. The standard InChI is InChI=1S/C36H23Cl2N/c37-29-16-10-24(11-17-29)27-14-20-35-32(22-27)33-23-28(25-12-18-30(38)19-13-25)15-21-36(33)39(35)34-9-5-4-8-31(34)26-6-2-1-3-7-26/h1-23H. The summed E-state index contributed by atoms with van der Waals surface area (Å²) in [7, 11) is 0. The van der Waals surface area contributed by atoms with Crippen molar-refractivity contribution in [2.24, 2.45) is 0 Å². The van der Waals surface area contributed by atoms with E-state index < -0.39 is 0 Å². The van der Waals surface area contributed by atoms with Crippen LogP contribution >= 0.6 is 23.2 Å². The summed E-state index contributed by atoms with van der Waals surface area (Å²) in [5.74, 6) is 0. The molecule has 39 heavy (non-hydrogen) atoms. The Bertz CT molecular complexity index is 1850. The van der Waals surface area contributed by atoms with Crippen LogP contribution in [0.4, 0.5) is 0 Å². The fraction of sp³-hybridized carbons (Fsp3) is 0. The molecular formula is C36H23Cl2N. The average molecular weight is 540 g/mol. The van der Waals surface area contributed by atoms with E-state index in [2.05, 4.69) is 120 Å². The molecular weight excluding hydrogens is 517 g/mol. The smallest absolute Gasteiger partial charge is 0.0541 e. The molecule has 0 radical (unpaired) electrons. The molecule has 0 atom stereocenters. The van der Waals surface area contributed by atoms with Gasteiger partial charge in [0, 0.05) is 26.4 Å². The summed E-state index contributed by atoms with van der Waals surface area (Å²) in [6, 6.07) is 48.8. The maximum atomic E-state index is 6.18. The third-order valence-electron chi connectivity index (χ3n) is 7.35. The van der Waals surface area contributed by atoms with Crippen LogP contribution < -0.4 is 0 Å². The van der Waals surface area contributed by atoms with E-state index in [1.807, 2.05) is 24.3 Å². The molecule has 7 rings (SSSR count). The molecule has 0 amide bonds. The molecule has 0 saturated heterocycles. The largest absolute Gasteiger partial charge is 0.309 e. The van der Waals surface area contributed by atoms with E-state index in [4.69, 9.17) is 23.2 Å². The second-order valence-electron chi connectivity index (χ2n) is 9.70. The predicted molar refractivity (Wildman–Crippen MR) is 167 cm³/mol. The first-order valence-electron chi connectivity index (χ1n) is 12.9. The fourth-order valence-electron chi connectivity index (χ4n) is 5.46. The van der Waals surface area contributed by atoms with Crippen LogP contribution in [0.2, 0.25) is 10.0 Å². The SMILES string of the molecule is Clc1ccc(-c2ccc3c(c2)c2cc(-c4ccc(Cl)cc4)ccc2n3-c2ccccc2-c2ccccc2)cc1. The second-order valence-corrected chi connectivity index (χ2v) is 10.6. The summed E-state index contributed by atoms with van der Waals surface area (Å²) in [5, 5.41) is 3.88. The maximum Gasteiger partial charge on any atom is 0.0541 e. The molecule has 0 fully saturated rings. The number of aromatic nitrogens is 1. The number of hydrogen-bond donors (Lipinski definition) is 0. The maximum absolute atomic E-state index is 6.18. The van der Waals surface area contributed by atoms with E-state index in [0.717, 1.165) is 38.0 Å². The van der Waals surface area contributed by atoms with Crippen LogP contribution in [0.1, 0.15) is 0 Å². The normalized spacial score (nSPS) is 11.3. The van der Waals surface area contributed by atoms with Gasteiger partial charge in [0.2, 0.25) is 0 Å². The van der Waals surface area contributed by atoms with Crippen LogP contribution in [0.3, 0.4) is 0 Å². The highest BCUT2D eigenvalue weighted by Gasteiger charge is 2.17. The fourth-order valence-corrected chi connectivity index (χ4v) is 5.71. The van der Waals surface area contributed by atoms with Gasteiger partial charge in [-0.2, -0.15) is 0 Å². The van der Waals surface area contributed by atoms with E-state index in [1.54, 1.807) is 0 Å². The Morgan fingerprint density at radius 1 is 0.385 bits per heavy atom. The van der Waals surface area contributed by atoms with Crippen LogP contribution in [-0.2, 0) is 0 Å². The zero-order chi connectivity index (χ0) is 26.3. The summed E-state index contributed by atoms with van der Waals surface area (Å²) in [4.78, 5) is 0. The van der Waals surface area contributed by atoms with Gasteiger partial charge in [0.15, 0.2) is 0 Å². The Kier molecular flexibility index (Phi) is 5.97. The molecule has 1 heterocycles. The van der Waals surface area contributed by atoms with Gasteiger partial charge in [-0.3, -0.25) is 0 Å². The number of rotatable bonds is 4. The second kappa shape index (κ2) is 9.78. The molecule has 7 aromatic rings. The van der Waals surface area contributed by atoms with E-state index in [0.29, 0.717) is 0 Å². The minimum Gasteiger partial charge on any atom is -0.309 e. The van der Waals surface area contributed by atoms with Crippen LogP contribution in [0, 0.1) is 0 Å². The van der Waals surface area contributed by atoms with Crippen molar-refractivity contribution >= 4 is 45.0 Å². The summed E-state index contributed by atoms with van der Waals surface area (Å²) < 4.78 is 2.39. The lowest BCUT2D eigenvalue weighted by molar-refractivity contribution is 1.18. The van der Waals surface area contributed by atoms with Crippen LogP contribution in [-0.4, -0.2) is 4.57 Å². The third kappa shape index (κ3) is 4.30. The molecule has 0 N–H and O–H groups in total. The van der Waals surface area contributed by atoms with Crippen molar-refractivity contribution in [1.29, 1.82) is 0 Å². The Hall–Kier alpha value is -4.30. The Morgan fingerprint density at radius 2 is 0.846 bits per heavy atom. The highest BCUT2D eigenvalue weighted by Crippen LogP contribution is 2.39. The monoisotopic (exact) mass is 539 g/mol. The van der Waals surface area contributed by atoms with Crippen LogP contribution in [0.25, 0.3) is 60.9 Å². The first-order valence-corrected chi connectivity index (χ1v) is 13.7. The lowest BCUT2D eigenvalue weighted by Gasteiger charge is -2.14. The topological polar surface area (TPSA) is 4.93 Å². The van der Waals surface area contributed by atoms with Gasteiger partial charge in [-0.1, -0.05) is 108 Å². The molecule has 0 aliphatic carbocycles. The molecule has 1 nitrogen and oxygen atoms in total.